The van der Waals surface area contributed by atoms with Gasteiger partial charge in [0.1, 0.15) is 5.75 Å². The van der Waals surface area contributed by atoms with Crippen LogP contribution in [0.5, 0.6) is 5.75 Å². The molecule has 0 aliphatic carbocycles. The molecule has 142 valence electrons. The molecule has 1 heterocycles. The Morgan fingerprint density at radius 3 is 2.37 bits per heavy atom. The Bertz CT molecular complexity index is 996. The zero-order chi connectivity index (χ0) is 19.8. The van der Waals surface area contributed by atoms with Crippen LogP contribution < -0.4 is 9.64 Å². The summed E-state index contributed by atoms with van der Waals surface area (Å²) < 4.78 is 28.7. The SMILES string of the molecule is CC(=O)N1CCc2cc(C(=O)[C@H](C)Oc3ccc(S(C)(=O)=O)cc3)ccc21. The van der Waals surface area contributed by atoms with E-state index in [0.717, 1.165) is 23.9 Å². The van der Waals surface area contributed by atoms with E-state index in [-0.39, 0.29) is 16.6 Å². The normalized spacial score (nSPS) is 14.6. The molecule has 1 aliphatic rings. The molecule has 2 aromatic carbocycles. The molecule has 0 saturated carbocycles. The van der Waals surface area contributed by atoms with E-state index < -0.39 is 15.9 Å². The average Bonchev–Trinajstić information content (AvgIpc) is 3.04. The van der Waals surface area contributed by atoms with Gasteiger partial charge in [-0.15, -0.1) is 0 Å². The van der Waals surface area contributed by atoms with Gasteiger partial charge in [0.05, 0.1) is 4.90 Å². The van der Waals surface area contributed by atoms with Gasteiger partial charge < -0.3 is 9.64 Å². The summed E-state index contributed by atoms with van der Waals surface area (Å²) in [5, 5.41) is 0. The maximum atomic E-state index is 12.7. The molecule has 2 aromatic rings. The van der Waals surface area contributed by atoms with E-state index in [9.17, 15) is 18.0 Å². The molecule has 1 atom stereocenters. The molecule has 0 saturated heterocycles. The number of sulfone groups is 1. The fourth-order valence-corrected chi connectivity index (χ4v) is 3.77. The van der Waals surface area contributed by atoms with E-state index in [0.29, 0.717) is 17.9 Å². The van der Waals surface area contributed by atoms with Crippen LogP contribution in [-0.2, 0) is 21.1 Å². The number of nitrogens with zero attached hydrogens (tertiary/aromatic N) is 1. The van der Waals surface area contributed by atoms with Gasteiger partial charge in [-0.1, -0.05) is 0 Å². The largest absolute Gasteiger partial charge is 0.483 e. The van der Waals surface area contributed by atoms with E-state index in [1.807, 2.05) is 6.07 Å². The third-order valence-electron chi connectivity index (χ3n) is 4.57. The lowest BCUT2D eigenvalue weighted by molar-refractivity contribution is -0.116. The van der Waals surface area contributed by atoms with E-state index in [4.69, 9.17) is 4.74 Å². The Labute approximate surface area is 158 Å². The second-order valence-corrected chi connectivity index (χ2v) is 8.65. The zero-order valence-electron chi connectivity index (χ0n) is 15.4. The first kappa shape index (κ1) is 19.1. The highest BCUT2D eigenvalue weighted by Gasteiger charge is 2.25. The summed E-state index contributed by atoms with van der Waals surface area (Å²) in [6.07, 6.45) is 1.13. The topological polar surface area (TPSA) is 80.8 Å². The Hall–Kier alpha value is -2.67. The molecule has 0 bridgehead atoms. The summed E-state index contributed by atoms with van der Waals surface area (Å²) in [6, 6.07) is 11.3. The van der Waals surface area contributed by atoms with Crippen molar-refractivity contribution in [2.24, 2.45) is 0 Å². The van der Waals surface area contributed by atoms with Crippen molar-refractivity contribution in [2.75, 3.05) is 17.7 Å². The van der Waals surface area contributed by atoms with Crippen LogP contribution in [0.15, 0.2) is 47.4 Å². The van der Waals surface area contributed by atoms with Gasteiger partial charge >= 0.3 is 0 Å². The number of fused-ring (bicyclic) bond motifs is 1. The molecule has 1 amide bonds. The van der Waals surface area contributed by atoms with Crippen LogP contribution in [0.25, 0.3) is 0 Å². The minimum Gasteiger partial charge on any atom is -0.483 e. The molecule has 1 aliphatic heterocycles. The second kappa shape index (κ2) is 7.15. The standard InChI is InChI=1S/C20H21NO5S/c1-13(26-17-5-7-18(8-6-17)27(3,24)25)20(23)16-4-9-19-15(12-16)10-11-21(19)14(2)22/h4-9,12-13H,10-11H2,1-3H3/t13-/m0/s1. The Morgan fingerprint density at radius 2 is 1.78 bits per heavy atom. The number of carbonyl (C=O) groups excluding carboxylic acids is 2. The van der Waals surface area contributed by atoms with Crippen molar-refractivity contribution in [3.05, 3.63) is 53.6 Å². The van der Waals surface area contributed by atoms with Crippen molar-refractivity contribution in [3.63, 3.8) is 0 Å². The molecule has 0 unspecified atom stereocenters. The molecule has 3 rings (SSSR count). The third-order valence-corrected chi connectivity index (χ3v) is 5.70. The summed E-state index contributed by atoms with van der Waals surface area (Å²) in [7, 11) is -3.27. The van der Waals surface area contributed by atoms with Gasteiger partial charge in [0.2, 0.25) is 11.7 Å². The van der Waals surface area contributed by atoms with E-state index in [1.165, 1.54) is 31.2 Å². The molecule has 27 heavy (non-hydrogen) atoms. The number of Topliss-reactive ketones (excluding diaryl/α,β-unsaturated/α-hetero) is 1. The van der Waals surface area contributed by atoms with Crippen LogP contribution in [0.1, 0.15) is 29.8 Å². The smallest absolute Gasteiger partial charge is 0.223 e. The van der Waals surface area contributed by atoms with Gasteiger partial charge in [-0.2, -0.15) is 0 Å². The number of ether oxygens (including phenoxy) is 1. The van der Waals surface area contributed by atoms with Crippen LogP contribution >= 0.6 is 0 Å². The van der Waals surface area contributed by atoms with Crippen LogP contribution in [0.2, 0.25) is 0 Å². The summed E-state index contributed by atoms with van der Waals surface area (Å²) in [4.78, 5) is 26.2. The van der Waals surface area contributed by atoms with Gasteiger partial charge in [-0.05, 0) is 61.4 Å². The summed E-state index contributed by atoms with van der Waals surface area (Å²) >= 11 is 0. The molecule has 0 aromatic heterocycles. The third kappa shape index (κ3) is 4.03. The number of rotatable bonds is 5. The maximum Gasteiger partial charge on any atom is 0.223 e. The van der Waals surface area contributed by atoms with Crippen molar-refractivity contribution >= 4 is 27.2 Å². The van der Waals surface area contributed by atoms with Crippen molar-refractivity contribution in [1.29, 1.82) is 0 Å². The lowest BCUT2D eigenvalue weighted by Gasteiger charge is -2.16. The van der Waals surface area contributed by atoms with Gasteiger partial charge in [0.25, 0.3) is 0 Å². The van der Waals surface area contributed by atoms with Crippen molar-refractivity contribution < 1.29 is 22.7 Å². The fraction of sp³-hybridized carbons (Fsp3) is 0.300. The first-order valence-electron chi connectivity index (χ1n) is 8.59. The van der Waals surface area contributed by atoms with E-state index >= 15 is 0 Å². The van der Waals surface area contributed by atoms with Crippen LogP contribution in [0.4, 0.5) is 5.69 Å². The molecule has 0 spiro atoms. The zero-order valence-corrected chi connectivity index (χ0v) is 16.2. The Kier molecular flexibility index (Phi) is 5.06. The highest BCUT2D eigenvalue weighted by atomic mass is 32.2. The predicted octanol–water partition coefficient (Wildman–Crippen LogP) is 2.65. The van der Waals surface area contributed by atoms with E-state index in [1.54, 1.807) is 24.0 Å². The molecular weight excluding hydrogens is 366 g/mol. The molecule has 0 radical (unpaired) electrons. The van der Waals surface area contributed by atoms with Crippen molar-refractivity contribution in [2.45, 2.75) is 31.3 Å². The lowest BCUT2D eigenvalue weighted by Crippen LogP contribution is -2.26. The highest BCUT2D eigenvalue weighted by Crippen LogP contribution is 2.29. The molecule has 0 fully saturated rings. The monoisotopic (exact) mass is 387 g/mol. The second-order valence-electron chi connectivity index (χ2n) is 6.63. The summed E-state index contributed by atoms with van der Waals surface area (Å²) in [5.74, 6) is 0.237. The minimum absolute atomic E-state index is 0.0120. The van der Waals surface area contributed by atoms with Gasteiger partial charge in [-0.25, -0.2) is 8.42 Å². The number of hydrogen-bond donors (Lipinski definition) is 0. The van der Waals surface area contributed by atoms with Crippen LogP contribution in [0.3, 0.4) is 0 Å². The number of ketones is 1. The minimum atomic E-state index is -3.27. The number of hydrogen-bond acceptors (Lipinski definition) is 5. The fourth-order valence-electron chi connectivity index (χ4n) is 3.14. The maximum absolute atomic E-state index is 12.7. The van der Waals surface area contributed by atoms with Crippen molar-refractivity contribution in [1.82, 2.24) is 0 Å². The lowest BCUT2D eigenvalue weighted by atomic mass is 10.0. The van der Waals surface area contributed by atoms with Gasteiger partial charge in [0, 0.05) is 31.0 Å². The molecule has 6 nitrogen and oxygen atoms in total. The van der Waals surface area contributed by atoms with Crippen LogP contribution in [-0.4, -0.2) is 39.0 Å². The quantitative estimate of drug-likeness (QED) is 0.737. The molecule has 7 heteroatoms. The molecular formula is C20H21NO5S. The molecule has 0 N–H and O–H groups in total. The van der Waals surface area contributed by atoms with Crippen molar-refractivity contribution in [3.8, 4) is 5.75 Å². The first-order chi connectivity index (χ1) is 12.7. The van der Waals surface area contributed by atoms with Crippen LogP contribution in [0, 0.1) is 0 Å². The summed E-state index contributed by atoms with van der Waals surface area (Å²) in [6.45, 7) is 3.81. The van der Waals surface area contributed by atoms with Gasteiger partial charge in [0.15, 0.2) is 15.9 Å². The first-order valence-corrected chi connectivity index (χ1v) is 10.5. The number of carbonyl (C=O) groups is 2. The van der Waals surface area contributed by atoms with Gasteiger partial charge in [-0.3, -0.25) is 9.59 Å². The Balaban J connectivity index is 1.73. The summed E-state index contributed by atoms with van der Waals surface area (Å²) in [5.41, 5.74) is 2.35. The van der Waals surface area contributed by atoms with E-state index in [2.05, 4.69) is 0 Å². The number of anilines is 1. The average molecular weight is 387 g/mol. The highest BCUT2D eigenvalue weighted by molar-refractivity contribution is 7.90. The number of amides is 1. The predicted molar refractivity (Wildman–Crippen MR) is 102 cm³/mol. The number of benzene rings is 2. The Morgan fingerprint density at radius 1 is 1.11 bits per heavy atom.